The maximum Gasteiger partial charge on any atom is 0.246 e. The predicted octanol–water partition coefficient (Wildman–Crippen LogP) is 0.149. The highest BCUT2D eigenvalue weighted by Crippen LogP contribution is 2.23. The molecule has 80 heavy (non-hydrogen) atoms. The van der Waals surface area contributed by atoms with Crippen LogP contribution in [0.5, 0.6) is 0 Å². The maximum absolute atomic E-state index is 15.0. The number of carbonyl (C=O) groups is 8. The Balaban J connectivity index is 1.52. The summed E-state index contributed by atoms with van der Waals surface area (Å²) in [7, 11) is 0. The van der Waals surface area contributed by atoms with Crippen molar-refractivity contribution in [3.63, 3.8) is 0 Å². The summed E-state index contributed by atoms with van der Waals surface area (Å²) in [5.41, 5.74) is 7.89. The molecule has 0 bridgehead atoms. The molecule has 13 N–H and O–H groups in total. The van der Waals surface area contributed by atoms with E-state index in [9.17, 15) is 58.8 Å². The van der Waals surface area contributed by atoms with Gasteiger partial charge in [0.05, 0.1) is 36.3 Å². The van der Waals surface area contributed by atoms with Crippen molar-refractivity contribution in [1.82, 2.24) is 42.1 Å². The SMILES string of the molecule is CC(C)C[C@@H]1NC(=O)[C@H](CCCN)NC(=O)[C@@H](C)[C@@H](O)[C@@H](C)[C@H](O)CNC(=O)[C@@H](C)[C@H](O)[C@H](C)[C@H](O)CNC(=O)[C@@H](Cc2ccccc2)NC(=O)[C@H](Cc2ccccc2)NC(=O)[C@@H]2CCCN2C(=O)[C@@H](Cc2ccccc2)NC1=O. The van der Waals surface area contributed by atoms with Gasteiger partial charge >= 0.3 is 0 Å². The van der Waals surface area contributed by atoms with Gasteiger partial charge in [-0.2, -0.15) is 0 Å². The molecule has 0 spiro atoms. The fourth-order valence-corrected chi connectivity index (χ4v) is 10.1. The van der Waals surface area contributed by atoms with Crippen LogP contribution >= 0.6 is 0 Å². The molecule has 0 saturated carbocycles. The minimum absolute atomic E-state index is 0.000495. The molecule has 21 heteroatoms. The highest BCUT2D eigenvalue weighted by molar-refractivity contribution is 5.97. The largest absolute Gasteiger partial charge is 0.392 e. The standard InChI is InChI=1S/C59H85N9O12/c1-34(2)28-43-56(77)67-46(31-41-22-14-9-15-23-41)59(80)68-27-17-25-47(68)58(79)66-45(30-40-20-12-8-13-21-40)57(78)65-44(29-39-18-10-7-11-19-39)54(75)62-33-49(70)35(3)50(71)37(5)52(73)61-32-48(69)36(4)51(72)38(6)53(74)63-42(24-16-26-60)55(76)64-43/h7-15,18-23,34-38,42-51,69-72H,16-17,24-33,60H2,1-6H3,(H,61,73)(H,62,75)(H,63,74)(H,64,76)(H,65,78)(H,66,79)(H,67,77)/t35-,36+,37+,38+,42+,43+,44-,45+,46-,47+,48-,49-,50-,51+/m1/s1. The number of benzene rings is 3. The monoisotopic (exact) mass is 1110 g/mol. The zero-order valence-electron chi connectivity index (χ0n) is 46.9. The average Bonchev–Trinajstić information content (AvgIpc) is 3.95. The number of nitrogens with one attached hydrogen (secondary N) is 7. The van der Waals surface area contributed by atoms with Gasteiger partial charge in [0, 0.05) is 50.7 Å². The Morgan fingerprint density at radius 3 is 1.41 bits per heavy atom. The van der Waals surface area contributed by atoms with Crippen molar-refractivity contribution >= 4 is 47.3 Å². The summed E-state index contributed by atoms with van der Waals surface area (Å²) in [4.78, 5) is 116. The second-order valence-corrected chi connectivity index (χ2v) is 22.0. The lowest BCUT2D eigenvalue weighted by molar-refractivity contribution is -0.142. The first kappa shape index (κ1) is 64.0. The number of nitrogens with zero attached hydrogens (tertiary/aromatic N) is 1. The van der Waals surface area contributed by atoms with Gasteiger partial charge in [0.25, 0.3) is 0 Å². The molecule has 2 aliphatic rings. The van der Waals surface area contributed by atoms with Crippen LogP contribution in [-0.4, -0.2) is 159 Å². The molecule has 8 amide bonds. The number of nitrogens with two attached hydrogens (primary N) is 1. The van der Waals surface area contributed by atoms with E-state index in [4.69, 9.17) is 5.73 Å². The second kappa shape index (κ2) is 31.3. The van der Waals surface area contributed by atoms with E-state index in [1.165, 1.54) is 32.6 Å². The van der Waals surface area contributed by atoms with E-state index in [-0.39, 0.29) is 64.0 Å². The van der Waals surface area contributed by atoms with E-state index in [0.717, 1.165) is 0 Å². The number of fused-ring (bicyclic) bond motifs is 1. The van der Waals surface area contributed by atoms with Crippen LogP contribution in [0.3, 0.4) is 0 Å². The van der Waals surface area contributed by atoms with Crippen LogP contribution < -0.4 is 43.0 Å². The molecule has 21 nitrogen and oxygen atoms in total. The van der Waals surface area contributed by atoms with Crippen LogP contribution in [0.1, 0.15) is 90.3 Å². The Labute approximate surface area is 469 Å². The Bertz CT molecular complexity index is 2510. The summed E-state index contributed by atoms with van der Waals surface area (Å²) in [6.45, 7) is 9.00. The van der Waals surface area contributed by atoms with Gasteiger partial charge in [-0.3, -0.25) is 38.4 Å². The smallest absolute Gasteiger partial charge is 0.246 e. The Kier molecular flexibility index (Phi) is 25.0. The first-order valence-electron chi connectivity index (χ1n) is 28.0. The molecular weight excluding hydrogens is 1030 g/mol. The predicted molar refractivity (Wildman–Crippen MR) is 299 cm³/mol. The lowest BCUT2D eigenvalue weighted by Gasteiger charge is -2.32. The summed E-state index contributed by atoms with van der Waals surface area (Å²) in [6, 6.07) is 19.5. The van der Waals surface area contributed by atoms with E-state index in [0.29, 0.717) is 23.1 Å². The Morgan fingerprint density at radius 1 is 0.512 bits per heavy atom. The quantitative estimate of drug-likeness (QED) is 0.122. The lowest BCUT2D eigenvalue weighted by Crippen LogP contribution is -2.60. The lowest BCUT2D eigenvalue weighted by atomic mass is 9.87. The number of amides is 8. The average molecular weight is 1110 g/mol. The molecule has 2 aliphatic heterocycles. The highest BCUT2D eigenvalue weighted by Gasteiger charge is 2.41. The Morgan fingerprint density at radius 2 is 0.912 bits per heavy atom. The molecule has 0 radical (unpaired) electrons. The molecule has 2 heterocycles. The van der Waals surface area contributed by atoms with Gasteiger partial charge < -0.3 is 68.3 Å². The number of hydrogen-bond donors (Lipinski definition) is 12. The van der Waals surface area contributed by atoms with Gasteiger partial charge in [-0.1, -0.05) is 133 Å². The van der Waals surface area contributed by atoms with Crippen molar-refractivity contribution in [3.05, 3.63) is 108 Å². The molecule has 438 valence electrons. The molecule has 14 atom stereocenters. The van der Waals surface area contributed by atoms with Crippen LogP contribution in [0, 0.1) is 29.6 Å². The zero-order chi connectivity index (χ0) is 58.6. The fourth-order valence-electron chi connectivity index (χ4n) is 10.1. The maximum atomic E-state index is 15.0. The number of aliphatic hydroxyl groups is 4. The van der Waals surface area contributed by atoms with Gasteiger partial charge in [0.15, 0.2) is 0 Å². The van der Waals surface area contributed by atoms with Crippen LogP contribution in [0.15, 0.2) is 91.0 Å². The van der Waals surface area contributed by atoms with Crippen LogP contribution in [-0.2, 0) is 57.6 Å². The fraction of sp³-hybridized carbons (Fsp3) is 0.559. The number of aliphatic hydroxyl groups excluding tert-OH is 4. The number of hydrogen-bond acceptors (Lipinski definition) is 13. The molecule has 5 rings (SSSR count). The summed E-state index contributed by atoms with van der Waals surface area (Å²) in [6.07, 6.45) is -4.64. The summed E-state index contributed by atoms with van der Waals surface area (Å²) >= 11 is 0. The van der Waals surface area contributed by atoms with Crippen molar-refractivity contribution < 1.29 is 58.8 Å². The van der Waals surface area contributed by atoms with Crippen LogP contribution in [0.25, 0.3) is 0 Å². The highest BCUT2D eigenvalue weighted by atomic mass is 16.3. The van der Waals surface area contributed by atoms with Gasteiger partial charge in [-0.15, -0.1) is 0 Å². The summed E-state index contributed by atoms with van der Waals surface area (Å²) in [5.74, 6) is -9.99. The minimum Gasteiger partial charge on any atom is -0.392 e. The molecule has 3 aromatic carbocycles. The summed E-state index contributed by atoms with van der Waals surface area (Å²) < 4.78 is 0. The normalized spacial score (nSPS) is 30.0. The molecule has 2 fully saturated rings. The first-order chi connectivity index (χ1) is 38.1. The van der Waals surface area contributed by atoms with E-state index in [1.54, 1.807) is 91.0 Å². The number of rotatable bonds is 11. The van der Waals surface area contributed by atoms with Crippen LogP contribution in [0.4, 0.5) is 0 Å². The molecular formula is C59H85N9O12. The molecule has 0 aromatic heterocycles. The van der Waals surface area contributed by atoms with Gasteiger partial charge in [0.1, 0.15) is 36.3 Å². The van der Waals surface area contributed by atoms with E-state index in [1.807, 2.05) is 13.8 Å². The third-order valence-corrected chi connectivity index (χ3v) is 15.4. The zero-order valence-corrected chi connectivity index (χ0v) is 46.9. The van der Waals surface area contributed by atoms with E-state index in [2.05, 4.69) is 37.2 Å². The minimum atomic E-state index is -1.49. The van der Waals surface area contributed by atoms with E-state index < -0.39 is 145 Å². The number of carbonyl (C=O) groups excluding carboxylic acids is 8. The second-order valence-electron chi connectivity index (χ2n) is 22.0. The molecule has 3 aromatic rings. The van der Waals surface area contributed by atoms with Crippen molar-refractivity contribution in [1.29, 1.82) is 0 Å². The van der Waals surface area contributed by atoms with Crippen molar-refractivity contribution in [3.8, 4) is 0 Å². The van der Waals surface area contributed by atoms with Gasteiger partial charge in [0.2, 0.25) is 47.3 Å². The van der Waals surface area contributed by atoms with Gasteiger partial charge in [-0.05, 0) is 61.3 Å². The topological polar surface area (TPSA) is 331 Å². The Hall–Kier alpha value is -6.78. The first-order valence-corrected chi connectivity index (χ1v) is 28.0. The molecule has 0 unspecified atom stereocenters. The third-order valence-electron chi connectivity index (χ3n) is 15.4. The van der Waals surface area contributed by atoms with Crippen molar-refractivity contribution in [2.45, 2.75) is 154 Å². The van der Waals surface area contributed by atoms with Crippen molar-refractivity contribution in [2.24, 2.45) is 35.3 Å². The van der Waals surface area contributed by atoms with Gasteiger partial charge in [-0.25, -0.2) is 0 Å². The van der Waals surface area contributed by atoms with Crippen LogP contribution in [0.2, 0.25) is 0 Å². The summed E-state index contributed by atoms with van der Waals surface area (Å²) in [5, 5.41) is 64.4. The van der Waals surface area contributed by atoms with Crippen molar-refractivity contribution in [2.75, 3.05) is 26.2 Å². The molecule has 2 saturated heterocycles. The van der Waals surface area contributed by atoms with E-state index >= 15 is 0 Å². The number of β-amino-alcohol motifs (C(OH)–C–C–N with tert-alkyl or cyclic N) is 2. The third kappa shape index (κ3) is 18.7. The molecule has 0 aliphatic carbocycles.